The molecule has 1 aliphatic rings. The van der Waals surface area contributed by atoms with E-state index < -0.39 is 6.09 Å². The zero-order valence-electron chi connectivity index (χ0n) is 22.0. The third kappa shape index (κ3) is 6.54. The van der Waals surface area contributed by atoms with Crippen LogP contribution in [0.2, 0.25) is 0 Å². The average Bonchev–Trinajstić information content (AvgIpc) is 3.54. The number of ether oxygens (including phenoxy) is 2. The van der Waals surface area contributed by atoms with Crippen LogP contribution >= 0.6 is 11.3 Å². The second-order valence-corrected chi connectivity index (χ2v) is 10.3. The summed E-state index contributed by atoms with van der Waals surface area (Å²) in [5, 5.41) is 13.9. The van der Waals surface area contributed by atoms with Crippen molar-refractivity contribution in [1.29, 1.82) is 0 Å². The quantitative estimate of drug-likeness (QED) is 0.323. The Kier molecular flexibility index (Phi) is 8.36. The van der Waals surface area contributed by atoms with Gasteiger partial charge in [-0.3, -0.25) is 20.1 Å². The van der Waals surface area contributed by atoms with Crippen molar-refractivity contribution < 1.29 is 19.1 Å². The number of H-pyrrole nitrogens is 1. The Hall–Kier alpha value is -3.99. The van der Waals surface area contributed by atoms with E-state index in [1.807, 2.05) is 71.8 Å². The molecule has 0 saturated carbocycles. The molecule has 39 heavy (non-hydrogen) atoms. The Balaban J connectivity index is 1.33. The number of hydrogen-bond donors (Lipinski definition) is 2. The smallest absolute Gasteiger partial charge is 0.399 e. The van der Waals surface area contributed by atoms with E-state index in [1.54, 1.807) is 0 Å². The van der Waals surface area contributed by atoms with Crippen molar-refractivity contribution >= 4 is 52.1 Å². The van der Waals surface area contributed by atoms with Crippen molar-refractivity contribution in [3.8, 4) is 5.06 Å². The van der Waals surface area contributed by atoms with Gasteiger partial charge in [-0.15, -0.1) is 11.3 Å². The molecule has 2 aromatic carbocycles. The van der Waals surface area contributed by atoms with Crippen molar-refractivity contribution in [2.45, 2.75) is 13.5 Å². The van der Waals surface area contributed by atoms with Gasteiger partial charge in [-0.2, -0.15) is 5.10 Å². The number of para-hydroxylation sites is 1. The number of piperazine rings is 1. The highest BCUT2D eigenvalue weighted by Crippen LogP contribution is 2.27. The summed E-state index contributed by atoms with van der Waals surface area (Å²) in [4.78, 5) is 29.1. The number of methoxy groups -OCH3 is 1. The number of fused-ring (bicyclic) bond motifs is 1. The highest BCUT2D eigenvalue weighted by atomic mass is 32.1. The Morgan fingerprint density at radius 3 is 2.69 bits per heavy atom. The first-order valence-corrected chi connectivity index (χ1v) is 13.6. The van der Waals surface area contributed by atoms with E-state index >= 15 is 0 Å². The molecule has 0 aliphatic carbocycles. The minimum absolute atomic E-state index is 0.0176. The molecule has 10 heteroatoms. The number of carbonyl (C=O) groups excluding carboxylic acids is 2. The first-order chi connectivity index (χ1) is 19.0. The van der Waals surface area contributed by atoms with E-state index in [9.17, 15) is 9.59 Å². The van der Waals surface area contributed by atoms with Gasteiger partial charge in [0, 0.05) is 50.8 Å². The Morgan fingerprint density at radius 2 is 1.92 bits per heavy atom. The molecule has 5 rings (SSSR count). The van der Waals surface area contributed by atoms with Gasteiger partial charge in [0.25, 0.3) is 0 Å². The molecule has 1 fully saturated rings. The summed E-state index contributed by atoms with van der Waals surface area (Å²) < 4.78 is 10.5. The van der Waals surface area contributed by atoms with E-state index in [0.29, 0.717) is 30.4 Å². The van der Waals surface area contributed by atoms with Crippen LogP contribution in [0.3, 0.4) is 0 Å². The highest BCUT2D eigenvalue weighted by Gasteiger charge is 2.21. The van der Waals surface area contributed by atoms with E-state index in [4.69, 9.17) is 9.47 Å². The Morgan fingerprint density at radius 1 is 1.10 bits per heavy atom. The number of aryl methyl sites for hydroxylation is 1. The molecule has 0 atom stereocenters. The van der Waals surface area contributed by atoms with Gasteiger partial charge in [0.05, 0.1) is 16.9 Å². The molecule has 9 nitrogen and oxygen atoms in total. The summed E-state index contributed by atoms with van der Waals surface area (Å²) in [6.45, 7) is 5.59. The summed E-state index contributed by atoms with van der Waals surface area (Å²) in [5.41, 5.74) is 5.23. The van der Waals surface area contributed by atoms with Crippen LogP contribution in [0.4, 0.5) is 10.5 Å². The van der Waals surface area contributed by atoms with Gasteiger partial charge in [-0.1, -0.05) is 36.4 Å². The third-order valence-electron chi connectivity index (χ3n) is 6.67. The van der Waals surface area contributed by atoms with Gasteiger partial charge >= 0.3 is 6.09 Å². The van der Waals surface area contributed by atoms with Crippen molar-refractivity contribution in [1.82, 2.24) is 20.0 Å². The molecule has 2 N–H and O–H groups in total. The largest absolute Gasteiger partial charge is 0.417 e. The minimum Gasteiger partial charge on any atom is -0.399 e. The zero-order chi connectivity index (χ0) is 27.2. The lowest BCUT2D eigenvalue weighted by atomic mass is 10.1. The van der Waals surface area contributed by atoms with E-state index in [-0.39, 0.29) is 12.5 Å². The minimum atomic E-state index is -0.539. The van der Waals surface area contributed by atoms with Crippen LogP contribution in [0.1, 0.15) is 22.4 Å². The SMILES string of the molecule is COCC(=O)N1CCN(Cc2ccc(/C=C/c3n[nH]c4ccccc34)c(NC(=O)Oc3sccc3C)c2)CC1. The fourth-order valence-electron chi connectivity index (χ4n) is 4.55. The average molecular weight is 546 g/mol. The Bertz CT molecular complexity index is 1490. The number of thiophene rings is 1. The number of rotatable bonds is 8. The maximum absolute atomic E-state index is 12.8. The van der Waals surface area contributed by atoms with Crippen LogP contribution in [0.5, 0.6) is 5.06 Å². The number of aromatic nitrogens is 2. The number of amides is 2. The first-order valence-electron chi connectivity index (χ1n) is 12.8. The molecule has 202 valence electrons. The molecular weight excluding hydrogens is 514 g/mol. The molecular formula is C29H31N5O4S. The van der Waals surface area contributed by atoms with Gasteiger partial charge in [0.2, 0.25) is 5.91 Å². The summed E-state index contributed by atoms with van der Waals surface area (Å²) in [6, 6.07) is 15.9. The number of hydrogen-bond acceptors (Lipinski definition) is 7. The molecule has 0 spiro atoms. The number of benzene rings is 2. The second-order valence-electron chi connectivity index (χ2n) is 9.40. The van der Waals surface area contributed by atoms with Crippen molar-refractivity contribution in [2.24, 2.45) is 0 Å². The van der Waals surface area contributed by atoms with Gasteiger partial charge in [0.1, 0.15) is 6.61 Å². The lowest BCUT2D eigenvalue weighted by Gasteiger charge is -2.34. The predicted octanol–water partition coefficient (Wildman–Crippen LogP) is 5.00. The fraction of sp³-hybridized carbons (Fsp3) is 0.276. The van der Waals surface area contributed by atoms with Crippen LogP contribution in [0.25, 0.3) is 23.1 Å². The van der Waals surface area contributed by atoms with E-state index in [1.165, 1.54) is 18.4 Å². The first kappa shape index (κ1) is 26.6. The third-order valence-corrected chi connectivity index (χ3v) is 7.57. The number of anilines is 1. The fourth-order valence-corrected chi connectivity index (χ4v) is 5.32. The van der Waals surface area contributed by atoms with Gasteiger partial charge in [-0.25, -0.2) is 4.79 Å². The monoisotopic (exact) mass is 545 g/mol. The molecule has 4 aromatic rings. The molecule has 2 aromatic heterocycles. The number of aromatic amines is 1. The lowest BCUT2D eigenvalue weighted by molar-refractivity contribution is -0.136. The van der Waals surface area contributed by atoms with Crippen molar-refractivity contribution in [3.05, 3.63) is 76.3 Å². The van der Waals surface area contributed by atoms with Crippen LogP contribution in [0.15, 0.2) is 53.9 Å². The standard InChI is InChI=1S/C29H31N5O4S/c1-20-11-16-39-28(20)38-29(36)30-26-17-21(18-33-12-14-34(15-13-33)27(35)19-37-2)7-8-22(26)9-10-25-23-5-3-4-6-24(23)31-32-25/h3-11,16-17H,12-15,18-19H2,1-2H3,(H,30,36)(H,31,32)/b10-9+. The van der Waals surface area contributed by atoms with Crippen molar-refractivity contribution in [3.63, 3.8) is 0 Å². The number of nitrogens with zero attached hydrogens (tertiary/aromatic N) is 3. The van der Waals surface area contributed by atoms with Crippen LogP contribution in [-0.4, -0.2) is 71.9 Å². The zero-order valence-corrected chi connectivity index (χ0v) is 22.8. The molecule has 0 unspecified atom stereocenters. The molecule has 0 bridgehead atoms. The van der Waals surface area contributed by atoms with E-state index in [0.717, 1.165) is 46.4 Å². The Labute approximate surface area is 231 Å². The van der Waals surface area contributed by atoms with Gasteiger partial charge in [-0.05, 0) is 47.7 Å². The number of carbonyl (C=O) groups is 2. The molecule has 0 radical (unpaired) electrons. The molecule has 3 heterocycles. The predicted molar refractivity (Wildman–Crippen MR) is 154 cm³/mol. The van der Waals surface area contributed by atoms with Crippen LogP contribution < -0.4 is 10.1 Å². The van der Waals surface area contributed by atoms with E-state index in [2.05, 4.69) is 26.5 Å². The second kappa shape index (κ2) is 12.2. The van der Waals surface area contributed by atoms with Gasteiger partial charge in [0.15, 0.2) is 5.06 Å². The van der Waals surface area contributed by atoms with Gasteiger partial charge < -0.3 is 14.4 Å². The normalized spacial score (nSPS) is 14.3. The summed E-state index contributed by atoms with van der Waals surface area (Å²) in [6.07, 6.45) is 3.34. The number of nitrogens with one attached hydrogen (secondary N) is 2. The topological polar surface area (TPSA) is 99.8 Å². The van der Waals surface area contributed by atoms with Crippen LogP contribution in [-0.2, 0) is 16.1 Å². The van der Waals surface area contributed by atoms with Crippen molar-refractivity contribution in [2.75, 3.05) is 45.2 Å². The highest BCUT2D eigenvalue weighted by molar-refractivity contribution is 7.12. The summed E-state index contributed by atoms with van der Waals surface area (Å²) in [7, 11) is 1.53. The molecule has 1 saturated heterocycles. The summed E-state index contributed by atoms with van der Waals surface area (Å²) in [5.74, 6) is 0.0176. The maximum Gasteiger partial charge on any atom is 0.417 e. The summed E-state index contributed by atoms with van der Waals surface area (Å²) >= 11 is 1.38. The maximum atomic E-state index is 12.8. The molecule has 2 amide bonds. The molecule has 1 aliphatic heterocycles. The van der Waals surface area contributed by atoms with Crippen LogP contribution in [0, 0.1) is 6.92 Å². The lowest BCUT2D eigenvalue weighted by Crippen LogP contribution is -2.49.